The molecule has 1 atom stereocenters. The number of anilines is 1. The van der Waals surface area contributed by atoms with Crippen LogP contribution in [0.25, 0.3) is 0 Å². The maximum absolute atomic E-state index is 12.6. The number of amides is 1. The number of carboxylic acid groups (broad SMARTS) is 1. The first-order valence-electron chi connectivity index (χ1n) is 9.47. The van der Waals surface area contributed by atoms with E-state index in [0.717, 1.165) is 56.0 Å². The third-order valence-corrected chi connectivity index (χ3v) is 6.18. The number of hydrogen-bond acceptors (Lipinski definition) is 5. The van der Waals surface area contributed by atoms with Crippen molar-refractivity contribution in [2.24, 2.45) is 11.3 Å². The van der Waals surface area contributed by atoms with E-state index in [9.17, 15) is 14.7 Å². The van der Waals surface area contributed by atoms with Gasteiger partial charge in [-0.15, -0.1) is 0 Å². The minimum atomic E-state index is -0.862. The van der Waals surface area contributed by atoms with Crippen LogP contribution in [-0.2, 0) is 9.59 Å². The molecule has 3 fully saturated rings. The lowest BCUT2D eigenvalue weighted by atomic mass is 9.76. The molecular formula is C19H26N4O3. The van der Waals surface area contributed by atoms with Crippen LogP contribution in [-0.4, -0.2) is 57.5 Å². The van der Waals surface area contributed by atoms with Crippen LogP contribution in [0.3, 0.4) is 0 Å². The van der Waals surface area contributed by atoms with Gasteiger partial charge in [-0.25, -0.2) is 9.78 Å². The van der Waals surface area contributed by atoms with E-state index in [2.05, 4.69) is 14.9 Å². The molecule has 7 heteroatoms. The number of piperidine rings is 1. The Balaban J connectivity index is 1.48. The second kappa shape index (κ2) is 6.21. The summed E-state index contributed by atoms with van der Waals surface area (Å²) in [6.45, 7) is 6.16. The highest BCUT2D eigenvalue weighted by Gasteiger charge is 2.51. The van der Waals surface area contributed by atoms with Crippen LogP contribution in [0.4, 0.5) is 5.82 Å². The summed E-state index contributed by atoms with van der Waals surface area (Å²) in [4.78, 5) is 37.2. The fourth-order valence-corrected chi connectivity index (χ4v) is 4.45. The van der Waals surface area contributed by atoms with Crippen LogP contribution in [0.2, 0.25) is 0 Å². The van der Waals surface area contributed by atoms with Gasteiger partial charge in [0.25, 0.3) is 0 Å². The Labute approximate surface area is 153 Å². The third-order valence-electron chi connectivity index (χ3n) is 6.18. The van der Waals surface area contributed by atoms with Crippen molar-refractivity contribution in [1.29, 1.82) is 0 Å². The van der Waals surface area contributed by atoms with Gasteiger partial charge in [0.2, 0.25) is 5.91 Å². The molecule has 3 heterocycles. The van der Waals surface area contributed by atoms with Gasteiger partial charge in [-0.1, -0.05) is 0 Å². The second-order valence-electron chi connectivity index (χ2n) is 8.21. The molecule has 2 aliphatic heterocycles. The molecule has 3 aliphatic rings. The Kier molecular flexibility index (Phi) is 4.12. The SMILES string of the molecule is Cc1cnc(C)c(N2CCC3(CC2)C[C@H](C(=O)O)N(C(=O)C2CC2)C3)n1. The summed E-state index contributed by atoms with van der Waals surface area (Å²) < 4.78 is 0. The third kappa shape index (κ3) is 3.04. The summed E-state index contributed by atoms with van der Waals surface area (Å²) in [6.07, 6.45) is 5.95. The maximum atomic E-state index is 12.6. The summed E-state index contributed by atoms with van der Waals surface area (Å²) in [5, 5.41) is 9.62. The standard InChI is InChI=1S/C19H26N4O3/c1-12-10-20-13(2)16(21-12)22-7-5-19(6-8-22)9-15(18(25)26)23(11-19)17(24)14-3-4-14/h10,14-15H,3-9,11H2,1-2H3,(H,25,26)/t15-/m1/s1. The highest BCUT2D eigenvalue weighted by molar-refractivity contribution is 5.87. The number of rotatable bonds is 3. The normalized spacial score (nSPS) is 24.9. The van der Waals surface area contributed by atoms with Crippen molar-refractivity contribution in [3.8, 4) is 0 Å². The molecule has 1 spiro atoms. The molecule has 0 aromatic carbocycles. The van der Waals surface area contributed by atoms with E-state index in [-0.39, 0.29) is 17.2 Å². The van der Waals surface area contributed by atoms with Gasteiger partial charge in [-0.05, 0) is 51.4 Å². The minimum Gasteiger partial charge on any atom is -0.480 e. The van der Waals surface area contributed by atoms with Gasteiger partial charge < -0.3 is 14.9 Å². The number of carbonyl (C=O) groups excluding carboxylic acids is 1. The number of carbonyl (C=O) groups is 2. The molecule has 0 unspecified atom stereocenters. The maximum Gasteiger partial charge on any atom is 0.326 e. The Morgan fingerprint density at radius 3 is 2.54 bits per heavy atom. The molecule has 1 amide bonds. The lowest BCUT2D eigenvalue weighted by molar-refractivity contribution is -0.148. The first kappa shape index (κ1) is 17.2. The Bertz CT molecular complexity index is 738. The molecule has 0 radical (unpaired) electrons. The van der Waals surface area contributed by atoms with Crippen LogP contribution in [0.5, 0.6) is 0 Å². The van der Waals surface area contributed by atoms with Crippen molar-refractivity contribution < 1.29 is 14.7 Å². The molecule has 1 aliphatic carbocycles. The summed E-state index contributed by atoms with van der Waals surface area (Å²) in [7, 11) is 0. The highest BCUT2D eigenvalue weighted by atomic mass is 16.4. The first-order chi connectivity index (χ1) is 12.4. The van der Waals surface area contributed by atoms with Crippen molar-refractivity contribution in [3.63, 3.8) is 0 Å². The molecule has 1 aromatic heterocycles. The Hall–Kier alpha value is -2.18. The summed E-state index contributed by atoms with van der Waals surface area (Å²) in [5.41, 5.74) is 1.75. The average molecular weight is 358 g/mol. The predicted molar refractivity (Wildman–Crippen MR) is 95.9 cm³/mol. The summed E-state index contributed by atoms with van der Waals surface area (Å²) in [5.74, 6) is 0.187. The Morgan fingerprint density at radius 1 is 1.23 bits per heavy atom. The smallest absolute Gasteiger partial charge is 0.326 e. The van der Waals surface area contributed by atoms with Gasteiger partial charge in [0.15, 0.2) is 0 Å². The number of nitrogens with zero attached hydrogens (tertiary/aromatic N) is 4. The van der Waals surface area contributed by atoms with Crippen molar-refractivity contribution in [2.45, 2.75) is 52.0 Å². The van der Waals surface area contributed by atoms with Crippen LogP contribution >= 0.6 is 0 Å². The van der Waals surface area contributed by atoms with Crippen molar-refractivity contribution in [1.82, 2.24) is 14.9 Å². The van der Waals surface area contributed by atoms with E-state index >= 15 is 0 Å². The van der Waals surface area contributed by atoms with E-state index in [1.54, 1.807) is 11.1 Å². The quantitative estimate of drug-likeness (QED) is 0.886. The number of aromatic nitrogens is 2. The minimum absolute atomic E-state index is 0.0529. The van der Waals surface area contributed by atoms with E-state index in [0.29, 0.717) is 13.0 Å². The van der Waals surface area contributed by atoms with Crippen LogP contribution < -0.4 is 4.90 Å². The zero-order valence-electron chi connectivity index (χ0n) is 15.4. The van der Waals surface area contributed by atoms with Crippen LogP contribution in [0, 0.1) is 25.2 Å². The molecule has 26 heavy (non-hydrogen) atoms. The van der Waals surface area contributed by atoms with E-state index in [1.807, 2.05) is 13.8 Å². The number of carboxylic acids is 1. The largest absolute Gasteiger partial charge is 0.480 e. The number of aliphatic carboxylic acids is 1. The lowest BCUT2D eigenvalue weighted by Gasteiger charge is -2.40. The summed E-state index contributed by atoms with van der Waals surface area (Å²) >= 11 is 0. The molecule has 7 nitrogen and oxygen atoms in total. The molecule has 4 rings (SSSR count). The zero-order chi connectivity index (χ0) is 18.5. The molecule has 1 N–H and O–H groups in total. The van der Waals surface area contributed by atoms with Crippen molar-refractivity contribution in [2.75, 3.05) is 24.5 Å². The lowest BCUT2D eigenvalue weighted by Crippen LogP contribution is -2.44. The van der Waals surface area contributed by atoms with Gasteiger partial charge in [-0.2, -0.15) is 0 Å². The highest BCUT2D eigenvalue weighted by Crippen LogP contribution is 2.46. The van der Waals surface area contributed by atoms with E-state index < -0.39 is 12.0 Å². The van der Waals surface area contributed by atoms with E-state index in [4.69, 9.17) is 0 Å². The molecule has 1 saturated carbocycles. The topological polar surface area (TPSA) is 86.6 Å². The fraction of sp³-hybridized carbons (Fsp3) is 0.684. The second-order valence-corrected chi connectivity index (χ2v) is 8.21. The average Bonchev–Trinajstić information content (AvgIpc) is 3.40. The van der Waals surface area contributed by atoms with Crippen LogP contribution in [0.1, 0.15) is 43.5 Å². The predicted octanol–water partition coefficient (Wildman–Crippen LogP) is 1.78. The van der Waals surface area contributed by atoms with Gasteiger partial charge >= 0.3 is 5.97 Å². The molecular weight excluding hydrogens is 332 g/mol. The van der Waals surface area contributed by atoms with Gasteiger partial charge in [0, 0.05) is 31.7 Å². The molecule has 0 bridgehead atoms. The molecule has 2 saturated heterocycles. The van der Waals surface area contributed by atoms with Gasteiger partial charge in [0.05, 0.1) is 11.4 Å². The molecule has 1 aromatic rings. The first-order valence-corrected chi connectivity index (χ1v) is 9.47. The van der Waals surface area contributed by atoms with Crippen LogP contribution in [0.15, 0.2) is 6.20 Å². The number of aryl methyl sites for hydroxylation is 2. The number of likely N-dealkylation sites (tertiary alicyclic amines) is 1. The summed E-state index contributed by atoms with van der Waals surface area (Å²) in [6, 6.07) is -0.657. The fourth-order valence-electron chi connectivity index (χ4n) is 4.45. The van der Waals surface area contributed by atoms with Gasteiger partial charge in [0.1, 0.15) is 11.9 Å². The van der Waals surface area contributed by atoms with Crippen molar-refractivity contribution >= 4 is 17.7 Å². The Morgan fingerprint density at radius 2 is 1.92 bits per heavy atom. The molecule has 140 valence electrons. The van der Waals surface area contributed by atoms with Gasteiger partial charge in [-0.3, -0.25) is 9.78 Å². The number of hydrogen-bond donors (Lipinski definition) is 1. The van der Waals surface area contributed by atoms with E-state index in [1.165, 1.54) is 0 Å². The zero-order valence-corrected chi connectivity index (χ0v) is 15.4. The monoisotopic (exact) mass is 358 g/mol. The van der Waals surface area contributed by atoms with Crippen molar-refractivity contribution in [3.05, 3.63) is 17.6 Å².